The summed E-state index contributed by atoms with van der Waals surface area (Å²) in [5.41, 5.74) is 3.45. The fourth-order valence-corrected chi connectivity index (χ4v) is 2.96. The van der Waals surface area contributed by atoms with E-state index in [0.29, 0.717) is 24.5 Å². The van der Waals surface area contributed by atoms with Crippen molar-refractivity contribution in [1.82, 2.24) is 15.6 Å². The van der Waals surface area contributed by atoms with Gasteiger partial charge in [0.2, 0.25) is 11.8 Å². The van der Waals surface area contributed by atoms with Crippen molar-refractivity contribution in [2.24, 2.45) is 5.10 Å². The smallest absolute Gasteiger partial charge is 0.267 e. The summed E-state index contributed by atoms with van der Waals surface area (Å²) >= 11 is 6.13. The number of hydrazone groups is 1. The van der Waals surface area contributed by atoms with Crippen LogP contribution in [0.25, 0.3) is 0 Å². The maximum Gasteiger partial charge on any atom is 0.267 e. The Hall–Kier alpha value is -2.41. The average molecular weight is 349 g/mol. The number of amides is 3. The van der Waals surface area contributed by atoms with Crippen LogP contribution in [0, 0.1) is 0 Å². The van der Waals surface area contributed by atoms with Crippen LogP contribution in [0.3, 0.4) is 0 Å². The number of carbonyl (C=O) groups is 3. The summed E-state index contributed by atoms with van der Waals surface area (Å²) in [5.74, 6) is -0.569. The van der Waals surface area contributed by atoms with Crippen molar-refractivity contribution in [2.45, 2.75) is 31.8 Å². The standard InChI is InChI=1S/C16H17ClN4O3/c17-12-4-2-1-3-10(12)8-21-9-11(7-15(21)23)18-16(24)13-5-6-14(22)20-19-13/h1-4,11H,5-9H2,(H,18,24)(H,20,22)/t11-/m1/s1. The molecule has 1 aromatic rings. The summed E-state index contributed by atoms with van der Waals surface area (Å²) in [6, 6.07) is 7.10. The molecule has 1 aromatic carbocycles. The zero-order chi connectivity index (χ0) is 17.1. The van der Waals surface area contributed by atoms with Crippen molar-refractivity contribution >= 4 is 35.0 Å². The third-order valence-corrected chi connectivity index (χ3v) is 4.40. The maximum absolute atomic E-state index is 12.1. The molecule has 7 nitrogen and oxygen atoms in total. The van der Waals surface area contributed by atoms with Crippen LogP contribution >= 0.6 is 11.6 Å². The van der Waals surface area contributed by atoms with Gasteiger partial charge >= 0.3 is 0 Å². The van der Waals surface area contributed by atoms with Gasteiger partial charge in [0.15, 0.2) is 0 Å². The Kier molecular flexibility index (Phi) is 4.80. The van der Waals surface area contributed by atoms with Gasteiger partial charge in [-0.2, -0.15) is 5.10 Å². The minimum Gasteiger partial charge on any atom is -0.346 e. The van der Waals surface area contributed by atoms with Crippen LogP contribution in [0.1, 0.15) is 24.8 Å². The number of rotatable bonds is 4. The van der Waals surface area contributed by atoms with Crippen LogP contribution in [0.5, 0.6) is 0 Å². The molecule has 8 heteroatoms. The van der Waals surface area contributed by atoms with Crippen LogP contribution in [-0.2, 0) is 20.9 Å². The van der Waals surface area contributed by atoms with E-state index >= 15 is 0 Å². The van der Waals surface area contributed by atoms with Gasteiger partial charge in [-0.25, -0.2) is 5.43 Å². The van der Waals surface area contributed by atoms with Crippen molar-refractivity contribution in [3.63, 3.8) is 0 Å². The molecule has 1 saturated heterocycles. The van der Waals surface area contributed by atoms with Gasteiger partial charge in [-0.15, -0.1) is 0 Å². The fourth-order valence-electron chi connectivity index (χ4n) is 2.76. The molecule has 3 amide bonds. The van der Waals surface area contributed by atoms with Gasteiger partial charge in [0, 0.05) is 37.4 Å². The molecule has 2 aliphatic rings. The molecular weight excluding hydrogens is 332 g/mol. The van der Waals surface area contributed by atoms with Gasteiger partial charge in [0.05, 0.1) is 6.04 Å². The van der Waals surface area contributed by atoms with Gasteiger partial charge in [-0.1, -0.05) is 29.8 Å². The third-order valence-electron chi connectivity index (χ3n) is 4.04. The Morgan fingerprint density at radius 3 is 2.83 bits per heavy atom. The topological polar surface area (TPSA) is 90.9 Å². The molecule has 0 bridgehead atoms. The highest BCUT2D eigenvalue weighted by Crippen LogP contribution is 2.20. The van der Waals surface area contributed by atoms with E-state index in [1.54, 1.807) is 11.0 Å². The summed E-state index contributed by atoms with van der Waals surface area (Å²) in [6.45, 7) is 0.845. The number of hydrogen-bond acceptors (Lipinski definition) is 4. The monoisotopic (exact) mass is 348 g/mol. The van der Waals surface area contributed by atoms with Crippen molar-refractivity contribution < 1.29 is 14.4 Å². The maximum atomic E-state index is 12.1. The Labute approximate surface area is 144 Å². The van der Waals surface area contributed by atoms with Crippen molar-refractivity contribution in [3.05, 3.63) is 34.9 Å². The molecule has 0 unspecified atom stereocenters. The lowest BCUT2D eigenvalue weighted by Gasteiger charge is -2.18. The van der Waals surface area contributed by atoms with E-state index in [1.165, 1.54) is 0 Å². The number of likely N-dealkylation sites (tertiary alicyclic amines) is 1. The molecule has 0 saturated carbocycles. The van der Waals surface area contributed by atoms with E-state index in [2.05, 4.69) is 15.8 Å². The molecule has 2 N–H and O–H groups in total. The molecule has 1 fully saturated rings. The molecule has 24 heavy (non-hydrogen) atoms. The number of benzene rings is 1. The van der Waals surface area contributed by atoms with Crippen LogP contribution < -0.4 is 10.7 Å². The minimum atomic E-state index is -0.340. The fraction of sp³-hybridized carbons (Fsp3) is 0.375. The second-order valence-electron chi connectivity index (χ2n) is 5.83. The molecule has 0 radical (unpaired) electrons. The van der Waals surface area contributed by atoms with Crippen molar-refractivity contribution in [3.8, 4) is 0 Å². The largest absolute Gasteiger partial charge is 0.346 e. The zero-order valence-electron chi connectivity index (χ0n) is 12.9. The molecule has 0 aromatic heterocycles. The summed E-state index contributed by atoms with van der Waals surface area (Å²) in [4.78, 5) is 37.0. The van der Waals surface area contributed by atoms with E-state index in [-0.39, 0.29) is 42.3 Å². The summed E-state index contributed by atoms with van der Waals surface area (Å²) in [5, 5.41) is 7.18. The van der Waals surface area contributed by atoms with Crippen LogP contribution in [0.15, 0.2) is 29.4 Å². The number of carbonyl (C=O) groups excluding carboxylic acids is 3. The van der Waals surface area contributed by atoms with Gasteiger partial charge in [-0.3, -0.25) is 14.4 Å². The highest BCUT2D eigenvalue weighted by atomic mass is 35.5. The number of nitrogens with zero attached hydrogens (tertiary/aromatic N) is 2. The quantitative estimate of drug-likeness (QED) is 0.844. The predicted molar refractivity (Wildman–Crippen MR) is 88.2 cm³/mol. The first-order valence-electron chi connectivity index (χ1n) is 7.70. The van der Waals surface area contributed by atoms with Gasteiger partial charge < -0.3 is 10.2 Å². The Morgan fingerprint density at radius 2 is 2.12 bits per heavy atom. The average Bonchev–Trinajstić information content (AvgIpc) is 2.89. The van der Waals surface area contributed by atoms with Gasteiger partial charge in [0.1, 0.15) is 5.71 Å². The molecular formula is C16H17ClN4O3. The summed E-state index contributed by atoms with van der Waals surface area (Å²) < 4.78 is 0. The SMILES string of the molecule is O=C1CCC(C(=O)N[C@@H]2CC(=O)N(Cc3ccccc3Cl)C2)=NN1. The first-order valence-corrected chi connectivity index (χ1v) is 8.08. The molecule has 3 rings (SSSR count). The number of nitrogens with one attached hydrogen (secondary N) is 2. The van der Waals surface area contributed by atoms with E-state index in [9.17, 15) is 14.4 Å². The van der Waals surface area contributed by atoms with Gasteiger partial charge in [0.25, 0.3) is 5.91 Å². The molecule has 0 spiro atoms. The predicted octanol–water partition coefficient (Wildman–Crippen LogP) is 0.823. The highest BCUT2D eigenvalue weighted by molar-refractivity contribution is 6.39. The van der Waals surface area contributed by atoms with Crippen LogP contribution in [0.2, 0.25) is 5.02 Å². The van der Waals surface area contributed by atoms with E-state index in [4.69, 9.17) is 11.6 Å². The van der Waals surface area contributed by atoms with E-state index in [1.807, 2.05) is 18.2 Å². The first-order chi connectivity index (χ1) is 11.5. The highest BCUT2D eigenvalue weighted by Gasteiger charge is 2.32. The second kappa shape index (κ2) is 7.00. The Balaban J connectivity index is 1.58. The van der Waals surface area contributed by atoms with E-state index in [0.717, 1.165) is 5.56 Å². The summed E-state index contributed by atoms with van der Waals surface area (Å²) in [7, 11) is 0. The molecule has 0 aliphatic carbocycles. The van der Waals surface area contributed by atoms with Crippen molar-refractivity contribution in [2.75, 3.05) is 6.54 Å². The lowest BCUT2D eigenvalue weighted by atomic mass is 10.1. The normalized spacial score (nSPS) is 20.6. The lowest BCUT2D eigenvalue weighted by Crippen LogP contribution is -2.43. The molecule has 2 aliphatic heterocycles. The molecule has 126 valence electrons. The second-order valence-corrected chi connectivity index (χ2v) is 6.24. The third kappa shape index (κ3) is 3.73. The number of hydrogen-bond donors (Lipinski definition) is 2. The molecule has 1 atom stereocenters. The number of halogens is 1. The Bertz CT molecular complexity index is 719. The van der Waals surface area contributed by atoms with Crippen LogP contribution in [-0.4, -0.2) is 40.9 Å². The van der Waals surface area contributed by atoms with Crippen LogP contribution in [0.4, 0.5) is 0 Å². The minimum absolute atomic E-state index is 0.0286. The summed E-state index contributed by atoms with van der Waals surface area (Å²) in [6.07, 6.45) is 0.798. The zero-order valence-corrected chi connectivity index (χ0v) is 13.7. The Morgan fingerprint density at radius 1 is 1.33 bits per heavy atom. The molecule has 2 heterocycles. The van der Waals surface area contributed by atoms with Gasteiger partial charge in [-0.05, 0) is 11.6 Å². The first kappa shape index (κ1) is 16.4. The lowest BCUT2D eigenvalue weighted by molar-refractivity contribution is -0.128. The van der Waals surface area contributed by atoms with Crippen molar-refractivity contribution in [1.29, 1.82) is 0 Å². The van der Waals surface area contributed by atoms with E-state index < -0.39 is 0 Å².